The number of likely N-dealkylation sites (tertiary alicyclic amines) is 2. The molecule has 0 radical (unpaired) electrons. The van der Waals surface area contributed by atoms with Gasteiger partial charge in [0.15, 0.2) is 0 Å². The predicted octanol–water partition coefficient (Wildman–Crippen LogP) is 6.72. The fourth-order valence-corrected chi connectivity index (χ4v) is 7.05. The van der Waals surface area contributed by atoms with E-state index >= 15 is 4.39 Å². The number of aryl methyl sites for hydroxylation is 1. The first-order valence-electron chi connectivity index (χ1n) is 13.5. The third kappa shape index (κ3) is 6.76. The monoisotopic (exact) mass is 671 g/mol. The van der Waals surface area contributed by atoms with Crippen molar-refractivity contribution in [3.05, 3.63) is 69.2 Å². The number of nitrogens with one attached hydrogen (secondary N) is 1. The molecule has 0 aromatic heterocycles. The zero-order valence-electron chi connectivity index (χ0n) is 23.2. The number of halogens is 4. The highest BCUT2D eigenvalue weighted by Crippen LogP contribution is 2.41. The Morgan fingerprint density at radius 3 is 2.31 bits per heavy atom. The van der Waals surface area contributed by atoms with E-state index in [1.54, 1.807) is 25.1 Å². The van der Waals surface area contributed by atoms with Crippen molar-refractivity contribution < 1.29 is 18.4 Å². The van der Waals surface area contributed by atoms with Crippen molar-refractivity contribution >= 4 is 46.0 Å². The molecule has 2 amide bonds. The number of carbonyl (C=O) groups is 2. The Morgan fingerprint density at radius 2 is 1.72 bits per heavy atom. The molecule has 2 saturated heterocycles. The molecule has 2 aromatic carbocycles. The summed E-state index contributed by atoms with van der Waals surface area (Å²) < 4.78 is 29.4. The summed E-state index contributed by atoms with van der Waals surface area (Å²) in [7, 11) is 0. The van der Waals surface area contributed by atoms with Gasteiger partial charge < -0.3 is 10.2 Å². The Labute approximate surface area is 248 Å². The molecule has 2 aromatic rings. The van der Waals surface area contributed by atoms with Gasteiger partial charge in [-0.15, -0.1) is 0 Å². The molecule has 0 spiro atoms. The molecule has 2 aliphatic heterocycles. The van der Waals surface area contributed by atoms with Gasteiger partial charge in [-0.25, -0.2) is 8.78 Å². The molecule has 39 heavy (non-hydrogen) atoms. The lowest BCUT2D eigenvalue weighted by atomic mass is 9.84. The number of alkyl halides is 1. The van der Waals surface area contributed by atoms with E-state index in [-0.39, 0.29) is 50.8 Å². The lowest BCUT2D eigenvalue weighted by Crippen LogP contribution is -2.44. The fraction of sp³-hybridized carbons (Fsp3) is 0.533. The van der Waals surface area contributed by atoms with Gasteiger partial charge >= 0.3 is 0 Å². The van der Waals surface area contributed by atoms with Crippen LogP contribution in [0.15, 0.2) is 30.3 Å². The average Bonchev–Trinajstić information content (AvgIpc) is 3.30. The molecule has 9 heteroatoms. The summed E-state index contributed by atoms with van der Waals surface area (Å²) >= 11 is 8.18. The van der Waals surface area contributed by atoms with Crippen LogP contribution in [0.4, 0.5) is 8.78 Å². The smallest absolute Gasteiger partial charge is 0.227 e. The van der Waals surface area contributed by atoms with Crippen LogP contribution in [-0.4, -0.2) is 53.3 Å². The topological polar surface area (TPSA) is 52.7 Å². The molecule has 0 saturated carbocycles. The van der Waals surface area contributed by atoms with Crippen LogP contribution in [0.1, 0.15) is 78.7 Å². The highest BCUT2D eigenvalue weighted by atomic mass is 127. The summed E-state index contributed by atoms with van der Waals surface area (Å²) in [5.41, 5.74) is 2.71. The molecule has 1 N–H and O–H groups in total. The minimum Gasteiger partial charge on any atom is -0.342 e. The van der Waals surface area contributed by atoms with Gasteiger partial charge in [-0.05, 0) is 86.9 Å². The van der Waals surface area contributed by atoms with Crippen molar-refractivity contribution in [3.8, 4) is 0 Å². The van der Waals surface area contributed by atoms with E-state index < -0.39 is 0 Å². The number of hydrogen-bond acceptors (Lipinski definition) is 3. The van der Waals surface area contributed by atoms with Gasteiger partial charge in [0.25, 0.3) is 0 Å². The lowest BCUT2D eigenvalue weighted by molar-refractivity contribution is -0.136. The highest BCUT2D eigenvalue weighted by Gasteiger charge is 2.44. The fourth-order valence-electron chi connectivity index (χ4n) is 5.91. The van der Waals surface area contributed by atoms with Crippen LogP contribution in [-0.2, 0) is 9.59 Å². The molecule has 5 nitrogen and oxygen atoms in total. The summed E-state index contributed by atoms with van der Waals surface area (Å²) in [6.45, 7) is 11.8. The Morgan fingerprint density at radius 1 is 1.05 bits per heavy atom. The quantitative estimate of drug-likeness (QED) is 0.218. The molecule has 2 unspecified atom stereocenters. The normalized spacial score (nSPS) is 21.7. The number of benzene rings is 2. The largest absolute Gasteiger partial charge is 0.342 e. The first-order valence-corrected chi connectivity index (χ1v) is 15.1. The third-order valence-corrected chi connectivity index (χ3v) is 9.38. The standard InChI is InChI=1S/C30H37ClF2IN3O2/c1-17-12-23(28(34)35-18(2)38)22(14-26(17)32)19-8-10-36(11-9-19)29(39)25-16-37(30(3,4)5)15-24(25)21-7-6-20(31)13-27(21)33/h6-7,12-14,19,24-25,28H,8-11,15-16H2,1-5H3,(H,35,38)/t24?,25?,28-/m1/s1. The maximum absolute atomic E-state index is 15.0. The van der Waals surface area contributed by atoms with Crippen LogP contribution >= 0.6 is 34.2 Å². The second-order valence-corrected chi connectivity index (χ2v) is 13.5. The molecular formula is C30H37ClF2IN3O2. The zero-order valence-corrected chi connectivity index (χ0v) is 26.1. The van der Waals surface area contributed by atoms with Crippen LogP contribution in [0.3, 0.4) is 0 Å². The summed E-state index contributed by atoms with van der Waals surface area (Å²) in [5, 5.41) is 3.25. The lowest BCUT2D eigenvalue weighted by Gasteiger charge is -2.36. The number of piperidine rings is 1. The van der Waals surface area contributed by atoms with E-state index in [0.29, 0.717) is 55.2 Å². The summed E-state index contributed by atoms with van der Waals surface area (Å²) in [4.78, 5) is 29.8. The minimum absolute atomic E-state index is 0.0416. The van der Waals surface area contributed by atoms with E-state index in [4.69, 9.17) is 11.6 Å². The average molecular weight is 672 g/mol. The Hall–Kier alpha value is -1.78. The highest BCUT2D eigenvalue weighted by molar-refractivity contribution is 14.1. The molecule has 2 heterocycles. The van der Waals surface area contributed by atoms with Crippen LogP contribution < -0.4 is 5.32 Å². The maximum Gasteiger partial charge on any atom is 0.227 e. The van der Waals surface area contributed by atoms with Crippen molar-refractivity contribution in [1.82, 2.24) is 15.1 Å². The van der Waals surface area contributed by atoms with Gasteiger partial charge in [0.1, 0.15) is 15.7 Å². The van der Waals surface area contributed by atoms with Crippen molar-refractivity contribution in [3.63, 3.8) is 0 Å². The van der Waals surface area contributed by atoms with Crippen molar-refractivity contribution in [1.29, 1.82) is 0 Å². The minimum atomic E-state index is -0.374. The molecule has 2 fully saturated rings. The molecule has 3 atom stereocenters. The van der Waals surface area contributed by atoms with E-state index in [1.807, 2.05) is 11.0 Å². The zero-order chi connectivity index (χ0) is 28.6. The second kappa shape index (κ2) is 12.0. The van der Waals surface area contributed by atoms with Gasteiger partial charge in [0.2, 0.25) is 11.8 Å². The van der Waals surface area contributed by atoms with Crippen LogP contribution in [0.25, 0.3) is 0 Å². The van der Waals surface area contributed by atoms with Crippen LogP contribution in [0, 0.1) is 24.5 Å². The van der Waals surface area contributed by atoms with Gasteiger partial charge in [0, 0.05) is 49.6 Å². The number of rotatable bonds is 5. The molecule has 0 aliphatic carbocycles. The molecule has 2 aliphatic rings. The van der Waals surface area contributed by atoms with E-state index in [1.165, 1.54) is 13.0 Å². The SMILES string of the molecule is CC(=O)N[C@@H](I)c1cc(C)c(F)cc1C1CCN(C(=O)C2CN(C(C)(C)C)CC2c2ccc(Cl)cc2F)CC1. The Kier molecular flexibility index (Phi) is 9.28. The number of hydrogen-bond donors (Lipinski definition) is 1. The predicted molar refractivity (Wildman–Crippen MR) is 159 cm³/mol. The number of carbonyl (C=O) groups excluding carboxylic acids is 2. The van der Waals surface area contributed by atoms with Crippen molar-refractivity contribution in [2.24, 2.45) is 5.92 Å². The molecule has 0 bridgehead atoms. The van der Waals surface area contributed by atoms with Gasteiger partial charge in [0.05, 0.1) is 5.92 Å². The Balaban J connectivity index is 1.53. The second-order valence-electron chi connectivity index (χ2n) is 11.8. The number of nitrogens with zero attached hydrogens (tertiary/aromatic N) is 2. The van der Waals surface area contributed by atoms with Gasteiger partial charge in [-0.3, -0.25) is 14.5 Å². The summed E-state index contributed by atoms with van der Waals surface area (Å²) in [6.07, 6.45) is 1.39. The molecule has 4 rings (SSSR count). The van der Waals surface area contributed by atoms with Crippen LogP contribution in [0.2, 0.25) is 5.02 Å². The van der Waals surface area contributed by atoms with Gasteiger partial charge in [-0.1, -0.05) is 46.3 Å². The summed E-state index contributed by atoms with van der Waals surface area (Å²) in [6, 6.07) is 8.14. The Bertz CT molecular complexity index is 1240. The first-order chi connectivity index (χ1) is 18.3. The molecule has 212 valence electrons. The van der Waals surface area contributed by atoms with E-state index in [0.717, 1.165) is 11.1 Å². The maximum atomic E-state index is 15.0. The van der Waals surface area contributed by atoms with Gasteiger partial charge in [-0.2, -0.15) is 0 Å². The summed E-state index contributed by atoms with van der Waals surface area (Å²) in [5.74, 6) is -1.29. The third-order valence-electron chi connectivity index (χ3n) is 8.16. The molecular weight excluding hydrogens is 635 g/mol. The van der Waals surface area contributed by atoms with Crippen molar-refractivity contribution in [2.45, 2.75) is 68.9 Å². The van der Waals surface area contributed by atoms with Crippen LogP contribution in [0.5, 0.6) is 0 Å². The van der Waals surface area contributed by atoms with Crippen molar-refractivity contribution in [2.75, 3.05) is 26.2 Å². The first kappa shape index (κ1) is 30.2. The van der Waals surface area contributed by atoms with E-state index in [9.17, 15) is 14.0 Å². The van der Waals surface area contributed by atoms with E-state index in [2.05, 4.69) is 53.6 Å². The number of amides is 2.